The molecule has 112 valence electrons. The van der Waals surface area contributed by atoms with E-state index in [1.54, 1.807) is 0 Å². The smallest absolute Gasteiger partial charge is 0.262 e. The topological polar surface area (TPSA) is 42.0 Å². The average Bonchev–Trinajstić information content (AvgIpc) is 3.04. The molecule has 3 rings (SSSR count). The van der Waals surface area contributed by atoms with E-state index in [4.69, 9.17) is 11.6 Å². The van der Waals surface area contributed by atoms with E-state index in [1.165, 1.54) is 24.2 Å². The molecule has 6 heteroatoms. The molecule has 1 aliphatic rings. The molecule has 1 N–H and O–H groups in total. The number of hydrogen-bond donors (Lipinski definition) is 1. The van der Waals surface area contributed by atoms with Crippen molar-refractivity contribution in [3.63, 3.8) is 0 Å². The predicted octanol–water partition coefficient (Wildman–Crippen LogP) is 5.00. The second-order valence-electron chi connectivity index (χ2n) is 5.52. The number of aryl methyl sites for hydroxylation is 2. The number of carbonyl (C=O) groups excluding carboxylic acids is 1. The molecule has 0 spiro atoms. The monoisotopic (exact) mass is 386 g/mol. The fourth-order valence-electron chi connectivity index (χ4n) is 2.85. The molecule has 3 nitrogen and oxygen atoms in total. The Hall–Kier alpha value is -0.650. The van der Waals surface area contributed by atoms with Gasteiger partial charge in [0.15, 0.2) is 0 Å². The minimum Gasteiger partial charge on any atom is -0.349 e. The van der Waals surface area contributed by atoms with E-state index in [0.717, 1.165) is 38.8 Å². The van der Waals surface area contributed by atoms with Crippen molar-refractivity contribution in [1.29, 1.82) is 0 Å². The van der Waals surface area contributed by atoms with E-state index in [2.05, 4.69) is 26.2 Å². The highest BCUT2D eigenvalue weighted by Gasteiger charge is 2.24. The van der Waals surface area contributed by atoms with E-state index < -0.39 is 0 Å². The Labute approximate surface area is 141 Å². The molecule has 21 heavy (non-hydrogen) atoms. The van der Waals surface area contributed by atoms with Crippen molar-refractivity contribution < 1.29 is 4.79 Å². The van der Waals surface area contributed by atoms with Gasteiger partial charge in [0, 0.05) is 11.4 Å². The van der Waals surface area contributed by atoms with E-state index in [1.807, 2.05) is 13.8 Å². The first-order valence-corrected chi connectivity index (χ1v) is 9.03. The van der Waals surface area contributed by atoms with Gasteiger partial charge in [0.25, 0.3) is 5.91 Å². The lowest BCUT2D eigenvalue weighted by atomic mass is 10.1. The Kier molecular flexibility index (Phi) is 4.26. The van der Waals surface area contributed by atoms with Gasteiger partial charge in [-0.1, -0.05) is 24.4 Å². The number of thiophene rings is 1. The summed E-state index contributed by atoms with van der Waals surface area (Å²) in [6.45, 7) is 3.86. The zero-order valence-corrected chi connectivity index (χ0v) is 15.1. The number of nitrogens with one attached hydrogen (secondary N) is 1. The molecular formula is C15H16BrClN2OS. The third kappa shape index (κ3) is 2.71. The summed E-state index contributed by atoms with van der Waals surface area (Å²) in [5, 5.41) is 4.75. The van der Waals surface area contributed by atoms with Crippen molar-refractivity contribution in [3.05, 3.63) is 25.6 Å². The number of halogens is 2. The van der Waals surface area contributed by atoms with Gasteiger partial charge in [-0.15, -0.1) is 11.3 Å². The molecule has 1 amide bonds. The molecule has 1 fully saturated rings. The van der Waals surface area contributed by atoms with Crippen LogP contribution >= 0.6 is 38.9 Å². The number of hydrogen-bond acceptors (Lipinski definition) is 3. The fourth-order valence-corrected chi connectivity index (χ4v) is 5.11. The highest BCUT2D eigenvalue weighted by molar-refractivity contribution is 9.10. The van der Waals surface area contributed by atoms with Gasteiger partial charge < -0.3 is 5.32 Å². The molecule has 2 aromatic rings. The number of aromatic nitrogens is 1. The van der Waals surface area contributed by atoms with Crippen molar-refractivity contribution in [2.45, 2.75) is 45.6 Å². The lowest BCUT2D eigenvalue weighted by Crippen LogP contribution is -2.32. The molecule has 1 aliphatic carbocycles. The molecular weight excluding hydrogens is 372 g/mol. The van der Waals surface area contributed by atoms with Crippen LogP contribution in [0.4, 0.5) is 0 Å². The van der Waals surface area contributed by atoms with Crippen LogP contribution in [0.25, 0.3) is 10.2 Å². The molecule has 0 saturated heterocycles. The minimum atomic E-state index is -0.00931. The second-order valence-corrected chi connectivity index (χ2v) is 7.69. The van der Waals surface area contributed by atoms with Gasteiger partial charge in [-0.3, -0.25) is 4.79 Å². The maximum absolute atomic E-state index is 12.5. The van der Waals surface area contributed by atoms with E-state index in [9.17, 15) is 4.79 Å². The Morgan fingerprint density at radius 2 is 2.05 bits per heavy atom. The SMILES string of the molecule is Cc1nc2sc(C(=O)NC3CCCC3)c(Br)c2c(C)c1Cl. The lowest BCUT2D eigenvalue weighted by Gasteiger charge is -2.10. The van der Waals surface area contributed by atoms with Crippen LogP contribution < -0.4 is 5.32 Å². The maximum atomic E-state index is 12.5. The normalized spacial score (nSPS) is 15.8. The van der Waals surface area contributed by atoms with Crippen LogP contribution in [0.3, 0.4) is 0 Å². The molecule has 0 aromatic carbocycles. The van der Waals surface area contributed by atoms with Gasteiger partial charge in [0.05, 0.1) is 15.2 Å². The highest BCUT2D eigenvalue weighted by Crippen LogP contribution is 2.39. The quantitative estimate of drug-likeness (QED) is 0.787. The summed E-state index contributed by atoms with van der Waals surface area (Å²) in [6.07, 6.45) is 4.56. The summed E-state index contributed by atoms with van der Waals surface area (Å²) < 4.78 is 0.810. The number of amides is 1. The third-order valence-electron chi connectivity index (χ3n) is 4.02. The minimum absolute atomic E-state index is 0.00931. The molecule has 0 bridgehead atoms. The largest absolute Gasteiger partial charge is 0.349 e. The molecule has 0 atom stereocenters. The molecule has 0 unspecified atom stereocenters. The van der Waals surface area contributed by atoms with Crippen LogP contribution in [-0.2, 0) is 0 Å². The summed E-state index contributed by atoms with van der Waals surface area (Å²) >= 11 is 11.3. The van der Waals surface area contributed by atoms with Crippen molar-refractivity contribution >= 4 is 55.0 Å². The van der Waals surface area contributed by atoms with Gasteiger partial charge >= 0.3 is 0 Å². The standard InChI is InChI=1S/C15H16BrClN2OS/c1-7-10-11(16)13(14(20)19-9-5-3-4-6-9)21-15(10)18-8(2)12(7)17/h9H,3-6H2,1-2H3,(H,19,20). The predicted molar refractivity (Wildman–Crippen MR) is 91.5 cm³/mol. The van der Waals surface area contributed by atoms with Gasteiger partial charge in [-0.05, 0) is 48.2 Å². The van der Waals surface area contributed by atoms with Crippen LogP contribution in [0.5, 0.6) is 0 Å². The van der Waals surface area contributed by atoms with Crippen LogP contribution in [0.15, 0.2) is 4.47 Å². The number of nitrogens with zero attached hydrogens (tertiary/aromatic N) is 1. The molecule has 1 saturated carbocycles. The Bertz CT molecular complexity index is 722. The van der Waals surface area contributed by atoms with Gasteiger partial charge in [0.2, 0.25) is 0 Å². The van der Waals surface area contributed by atoms with E-state index in [-0.39, 0.29) is 5.91 Å². The Morgan fingerprint density at radius 3 is 2.71 bits per heavy atom. The lowest BCUT2D eigenvalue weighted by molar-refractivity contribution is 0.0941. The average molecular weight is 388 g/mol. The highest BCUT2D eigenvalue weighted by atomic mass is 79.9. The zero-order valence-electron chi connectivity index (χ0n) is 11.9. The summed E-state index contributed by atoms with van der Waals surface area (Å²) in [4.78, 5) is 18.5. The van der Waals surface area contributed by atoms with E-state index >= 15 is 0 Å². The van der Waals surface area contributed by atoms with E-state index in [0.29, 0.717) is 15.9 Å². The van der Waals surface area contributed by atoms with Gasteiger partial charge in [-0.25, -0.2) is 4.98 Å². The molecule has 2 aromatic heterocycles. The third-order valence-corrected chi connectivity index (χ3v) is 6.71. The zero-order chi connectivity index (χ0) is 15.1. The summed E-state index contributed by atoms with van der Waals surface area (Å²) in [6, 6.07) is 0.314. The molecule has 0 radical (unpaired) electrons. The van der Waals surface area contributed by atoms with Crippen LogP contribution in [0.2, 0.25) is 5.02 Å². The number of carbonyl (C=O) groups is 1. The summed E-state index contributed by atoms with van der Waals surface area (Å²) in [5.74, 6) is -0.00931. The number of fused-ring (bicyclic) bond motifs is 1. The summed E-state index contributed by atoms with van der Waals surface area (Å²) in [5.41, 5.74) is 1.78. The van der Waals surface area contributed by atoms with Crippen molar-refractivity contribution in [3.8, 4) is 0 Å². The molecule has 0 aliphatic heterocycles. The number of rotatable bonds is 2. The van der Waals surface area contributed by atoms with Gasteiger partial charge in [-0.2, -0.15) is 0 Å². The van der Waals surface area contributed by atoms with Crippen LogP contribution in [0, 0.1) is 13.8 Å². The Morgan fingerprint density at radius 1 is 1.38 bits per heavy atom. The second kappa shape index (κ2) is 5.86. The first-order valence-electron chi connectivity index (χ1n) is 7.04. The van der Waals surface area contributed by atoms with Crippen molar-refractivity contribution in [2.75, 3.05) is 0 Å². The first kappa shape index (κ1) is 15.3. The van der Waals surface area contributed by atoms with Crippen molar-refractivity contribution in [2.24, 2.45) is 0 Å². The van der Waals surface area contributed by atoms with Gasteiger partial charge in [0.1, 0.15) is 9.71 Å². The fraction of sp³-hybridized carbons (Fsp3) is 0.467. The van der Waals surface area contributed by atoms with Crippen LogP contribution in [-0.4, -0.2) is 16.9 Å². The first-order chi connectivity index (χ1) is 9.99. The Balaban J connectivity index is 2.01. The molecule has 2 heterocycles. The van der Waals surface area contributed by atoms with Crippen LogP contribution in [0.1, 0.15) is 46.6 Å². The van der Waals surface area contributed by atoms with Crippen molar-refractivity contribution in [1.82, 2.24) is 10.3 Å². The number of pyridine rings is 1. The summed E-state index contributed by atoms with van der Waals surface area (Å²) in [7, 11) is 0. The maximum Gasteiger partial charge on any atom is 0.262 e.